The third-order valence-corrected chi connectivity index (χ3v) is 4.43. The van der Waals surface area contributed by atoms with E-state index in [1.54, 1.807) is 17.8 Å². The second kappa shape index (κ2) is 8.32. The SMILES string of the molecule is CCCNC(CSc1ccccc1F)C1=COCCC1. The predicted molar refractivity (Wildman–Crippen MR) is 82.5 cm³/mol. The molecule has 0 saturated carbocycles. The van der Waals surface area contributed by atoms with Crippen LogP contribution in [0, 0.1) is 5.82 Å². The Kier molecular flexibility index (Phi) is 6.40. The van der Waals surface area contributed by atoms with Crippen LogP contribution in [0.4, 0.5) is 4.39 Å². The predicted octanol–water partition coefficient (Wildman–Crippen LogP) is 3.98. The molecule has 4 heteroatoms. The van der Waals surface area contributed by atoms with Crippen molar-refractivity contribution < 1.29 is 9.13 Å². The van der Waals surface area contributed by atoms with Gasteiger partial charge in [0.25, 0.3) is 0 Å². The zero-order chi connectivity index (χ0) is 14.2. The number of thioether (sulfide) groups is 1. The molecule has 20 heavy (non-hydrogen) atoms. The van der Waals surface area contributed by atoms with E-state index in [1.807, 2.05) is 18.4 Å². The van der Waals surface area contributed by atoms with E-state index in [4.69, 9.17) is 4.74 Å². The van der Waals surface area contributed by atoms with E-state index in [9.17, 15) is 4.39 Å². The van der Waals surface area contributed by atoms with Crippen molar-refractivity contribution in [1.29, 1.82) is 0 Å². The average Bonchev–Trinajstić information content (AvgIpc) is 2.50. The molecule has 1 aromatic carbocycles. The van der Waals surface area contributed by atoms with E-state index < -0.39 is 0 Å². The Bertz CT molecular complexity index is 450. The molecule has 1 atom stereocenters. The molecule has 0 fully saturated rings. The monoisotopic (exact) mass is 295 g/mol. The largest absolute Gasteiger partial charge is 0.501 e. The van der Waals surface area contributed by atoms with Gasteiger partial charge in [0, 0.05) is 16.7 Å². The third kappa shape index (κ3) is 4.53. The molecule has 0 radical (unpaired) electrons. The highest BCUT2D eigenvalue weighted by Crippen LogP contribution is 2.25. The Balaban J connectivity index is 1.96. The number of nitrogens with one attached hydrogen (secondary N) is 1. The zero-order valence-electron chi connectivity index (χ0n) is 11.9. The first-order valence-electron chi connectivity index (χ1n) is 7.22. The number of hydrogen-bond acceptors (Lipinski definition) is 3. The summed E-state index contributed by atoms with van der Waals surface area (Å²) in [5.41, 5.74) is 1.30. The van der Waals surface area contributed by atoms with Crippen LogP contribution in [-0.2, 0) is 4.74 Å². The quantitative estimate of drug-likeness (QED) is 0.769. The minimum Gasteiger partial charge on any atom is -0.501 e. The molecule has 1 unspecified atom stereocenters. The highest BCUT2D eigenvalue weighted by atomic mass is 32.2. The van der Waals surface area contributed by atoms with E-state index in [0.717, 1.165) is 38.2 Å². The van der Waals surface area contributed by atoms with Gasteiger partial charge in [-0.3, -0.25) is 0 Å². The molecule has 0 amide bonds. The van der Waals surface area contributed by atoms with Crippen LogP contribution in [0.25, 0.3) is 0 Å². The highest BCUT2D eigenvalue weighted by Gasteiger charge is 2.17. The van der Waals surface area contributed by atoms with E-state index in [2.05, 4.69) is 12.2 Å². The molecule has 1 heterocycles. The van der Waals surface area contributed by atoms with Crippen LogP contribution >= 0.6 is 11.8 Å². The molecule has 1 N–H and O–H groups in total. The Morgan fingerprint density at radius 3 is 2.95 bits per heavy atom. The fourth-order valence-electron chi connectivity index (χ4n) is 2.19. The number of rotatable bonds is 7. The molecule has 1 aliphatic heterocycles. The molecule has 2 nitrogen and oxygen atoms in total. The van der Waals surface area contributed by atoms with Gasteiger partial charge in [-0.25, -0.2) is 4.39 Å². The van der Waals surface area contributed by atoms with Crippen molar-refractivity contribution in [3.05, 3.63) is 41.9 Å². The standard InChI is InChI=1S/C16H22FNOS/c1-2-9-18-15(13-6-5-10-19-11-13)12-20-16-8-4-3-7-14(16)17/h3-4,7-8,11,15,18H,2,5-6,9-10,12H2,1H3. The summed E-state index contributed by atoms with van der Waals surface area (Å²) in [6, 6.07) is 7.22. The Labute approximate surface area is 124 Å². The topological polar surface area (TPSA) is 21.3 Å². The number of halogens is 1. The Morgan fingerprint density at radius 2 is 2.25 bits per heavy atom. The van der Waals surface area contributed by atoms with Gasteiger partial charge in [-0.15, -0.1) is 11.8 Å². The molecular weight excluding hydrogens is 273 g/mol. The summed E-state index contributed by atoms with van der Waals surface area (Å²) in [5, 5.41) is 3.54. The van der Waals surface area contributed by atoms with Crippen LogP contribution in [0.1, 0.15) is 26.2 Å². The van der Waals surface area contributed by atoms with Crippen molar-refractivity contribution in [2.45, 2.75) is 37.1 Å². The lowest BCUT2D eigenvalue weighted by molar-refractivity contribution is 0.220. The first-order chi connectivity index (χ1) is 9.81. The maximum Gasteiger partial charge on any atom is 0.136 e. The van der Waals surface area contributed by atoms with E-state index in [0.29, 0.717) is 4.90 Å². The summed E-state index contributed by atoms with van der Waals surface area (Å²) < 4.78 is 19.1. The molecule has 1 aliphatic rings. The van der Waals surface area contributed by atoms with Crippen molar-refractivity contribution in [2.75, 3.05) is 18.9 Å². The minimum atomic E-state index is -0.138. The molecule has 2 rings (SSSR count). The first kappa shape index (κ1) is 15.4. The van der Waals surface area contributed by atoms with Gasteiger partial charge in [0.1, 0.15) is 5.82 Å². The second-order valence-electron chi connectivity index (χ2n) is 4.92. The van der Waals surface area contributed by atoms with Gasteiger partial charge in [-0.2, -0.15) is 0 Å². The highest BCUT2D eigenvalue weighted by molar-refractivity contribution is 7.99. The molecule has 0 spiro atoms. The fourth-order valence-corrected chi connectivity index (χ4v) is 3.25. The summed E-state index contributed by atoms with van der Waals surface area (Å²) >= 11 is 1.57. The molecule has 0 aliphatic carbocycles. The van der Waals surface area contributed by atoms with Crippen molar-refractivity contribution >= 4 is 11.8 Å². The van der Waals surface area contributed by atoms with Gasteiger partial charge in [-0.1, -0.05) is 19.1 Å². The summed E-state index contributed by atoms with van der Waals surface area (Å²) in [6.45, 7) is 3.93. The number of ether oxygens (including phenoxy) is 1. The van der Waals surface area contributed by atoms with Gasteiger partial charge in [0.2, 0.25) is 0 Å². The van der Waals surface area contributed by atoms with Crippen molar-refractivity contribution in [3.63, 3.8) is 0 Å². The van der Waals surface area contributed by atoms with Gasteiger partial charge in [-0.05, 0) is 43.5 Å². The lowest BCUT2D eigenvalue weighted by atomic mass is 10.0. The Morgan fingerprint density at radius 1 is 1.40 bits per heavy atom. The molecular formula is C16H22FNOS. The van der Waals surface area contributed by atoms with E-state index in [1.165, 1.54) is 11.6 Å². The fraction of sp³-hybridized carbons (Fsp3) is 0.500. The van der Waals surface area contributed by atoms with Crippen molar-refractivity contribution in [3.8, 4) is 0 Å². The van der Waals surface area contributed by atoms with Crippen LogP contribution in [0.3, 0.4) is 0 Å². The van der Waals surface area contributed by atoms with Crippen LogP contribution in [0.5, 0.6) is 0 Å². The van der Waals surface area contributed by atoms with Crippen LogP contribution in [-0.4, -0.2) is 24.9 Å². The Hall–Kier alpha value is -1.00. The molecule has 1 aromatic rings. The molecule has 0 aromatic heterocycles. The third-order valence-electron chi connectivity index (χ3n) is 3.29. The summed E-state index contributed by atoms with van der Waals surface area (Å²) in [5.74, 6) is 0.691. The minimum absolute atomic E-state index is 0.138. The van der Waals surface area contributed by atoms with Crippen LogP contribution < -0.4 is 5.32 Å². The number of hydrogen-bond donors (Lipinski definition) is 1. The van der Waals surface area contributed by atoms with Gasteiger partial charge >= 0.3 is 0 Å². The molecule has 0 bridgehead atoms. The van der Waals surface area contributed by atoms with E-state index >= 15 is 0 Å². The average molecular weight is 295 g/mol. The summed E-state index contributed by atoms with van der Waals surface area (Å²) in [4.78, 5) is 0.716. The first-order valence-corrected chi connectivity index (χ1v) is 8.21. The zero-order valence-corrected chi connectivity index (χ0v) is 12.7. The maximum absolute atomic E-state index is 13.7. The van der Waals surface area contributed by atoms with Crippen LogP contribution in [0.15, 0.2) is 41.0 Å². The van der Waals surface area contributed by atoms with Gasteiger partial charge in [0.15, 0.2) is 0 Å². The lowest BCUT2D eigenvalue weighted by Crippen LogP contribution is -2.34. The van der Waals surface area contributed by atoms with Gasteiger partial charge < -0.3 is 10.1 Å². The van der Waals surface area contributed by atoms with Crippen molar-refractivity contribution in [1.82, 2.24) is 5.32 Å². The number of benzene rings is 1. The molecule has 110 valence electrons. The summed E-state index contributed by atoms with van der Waals surface area (Å²) in [6.07, 6.45) is 5.12. The second-order valence-corrected chi connectivity index (χ2v) is 5.98. The maximum atomic E-state index is 13.7. The van der Waals surface area contributed by atoms with Crippen molar-refractivity contribution in [2.24, 2.45) is 0 Å². The molecule has 0 saturated heterocycles. The smallest absolute Gasteiger partial charge is 0.136 e. The summed E-state index contributed by atoms with van der Waals surface area (Å²) in [7, 11) is 0. The van der Waals surface area contributed by atoms with Crippen LogP contribution in [0.2, 0.25) is 0 Å². The van der Waals surface area contributed by atoms with E-state index in [-0.39, 0.29) is 11.9 Å². The normalized spacial score (nSPS) is 16.4. The lowest BCUT2D eigenvalue weighted by Gasteiger charge is -2.24. The van der Waals surface area contributed by atoms with Gasteiger partial charge in [0.05, 0.1) is 12.9 Å².